The van der Waals surface area contributed by atoms with Gasteiger partial charge in [0, 0.05) is 46.9 Å². The van der Waals surface area contributed by atoms with E-state index in [9.17, 15) is 29.4 Å². The minimum atomic E-state index is -0.922. The number of nitrogens with zero attached hydrogens (tertiary/aromatic N) is 1. The summed E-state index contributed by atoms with van der Waals surface area (Å²) in [6, 6.07) is -0.226. The Morgan fingerprint density at radius 2 is 1.60 bits per heavy atom. The molecule has 0 aromatic carbocycles. The van der Waals surface area contributed by atoms with Gasteiger partial charge < -0.3 is 25.5 Å². The molecule has 4 rings (SSSR count). The van der Waals surface area contributed by atoms with E-state index >= 15 is 0 Å². The molecule has 2 aliphatic rings. The first-order valence-electron chi connectivity index (χ1n) is 14.3. The molecule has 226 valence electrons. The van der Waals surface area contributed by atoms with Gasteiger partial charge >= 0.3 is 11.9 Å². The van der Waals surface area contributed by atoms with Crippen LogP contribution in [0, 0.1) is 19.8 Å². The summed E-state index contributed by atoms with van der Waals surface area (Å²) in [6.07, 6.45) is 8.05. The van der Waals surface area contributed by atoms with Gasteiger partial charge in [-0.25, -0.2) is 4.99 Å². The van der Waals surface area contributed by atoms with Crippen LogP contribution in [0.25, 0.3) is 12.2 Å². The third-order valence-electron chi connectivity index (χ3n) is 8.50. The van der Waals surface area contributed by atoms with Crippen molar-refractivity contribution in [2.75, 3.05) is 0 Å². The van der Waals surface area contributed by atoms with Crippen LogP contribution in [-0.4, -0.2) is 55.7 Å². The van der Waals surface area contributed by atoms with E-state index in [4.69, 9.17) is 0 Å². The maximum Gasteiger partial charge on any atom is 0.303 e. The minimum absolute atomic E-state index is 0.0640. The maximum absolute atomic E-state index is 12.4. The van der Waals surface area contributed by atoms with Crippen LogP contribution in [0.5, 0.6) is 0 Å². The first-order valence-corrected chi connectivity index (χ1v) is 14.3. The molecule has 5 N–H and O–H groups in total. The highest BCUT2D eigenvalue weighted by molar-refractivity contribution is 6.29. The van der Waals surface area contributed by atoms with Gasteiger partial charge in [0.25, 0.3) is 11.8 Å². The first kappa shape index (κ1) is 31.2. The molecule has 10 heteroatoms. The molecule has 0 spiro atoms. The van der Waals surface area contributed by atoms with Gasteiger partial charge in [-0.15, -0.1) is 0 Å². The molecule has 0 saturated carbocycles. The van der Waals surface area contributed by atoms with Crippen LogP contribution in [0.3, 0.4) is 0 Å². The number of carbonyl (C=O) groups is 4. The zero-order valence-corrected chi connectivity index (χ0v) is 25.2. The topological polar surface area (TPSA) is 165 Å². The van der Waals surface area contributed by atoms with Gasteiger partial charge in [0.05, 0.1) is 17.7 Å². The molecule has 43 heavy (non-hydrogen) atoms. The lowest BCUT2D eigenvalue weighted by molar-refractivity contribution is -0.138. The van der Waals surface area contributed by atoms with Gasteiger partial charge in [-0.2, -0.15) is 0 Å². The molecule has 2 unspecified atom stereocenters. The third-order valence-corrected chi connectivity index (χ3v) is 8.50. The number of H-pyrrole nitrogens is 2. The lowest BCUT2D eigenvalue weighted by Gasteiger charge is -2.12. The number of aromatic nitrogens is 2. The van der Waals surface area contributed by atoms with Crippen LogP contribution in [-0.2, 0) is 38.4 Å². The van der Waals surface area contributed by atoms with Gasteiger partial charge in [0.2, 0.25) is 0 Å². The number of rotatable bonds is 11. The zero-order chi connectivity index (χ0) is 31.6. The van der Waals surface area contributed by atoms with Gasteiger partial charge in [0.15, 0.2) is 0 Å². The smallest absolute Gasteiger partial charge is 0.303 e. The SMILES string of the molecule is C=CC1=C(C)C(Cc2[nH]c(C=c3[nH]c(=CC4=NC(=O)C(C)C4=CC)c(C)c3CCC(=O)O)c(CCC(=O)O)c2C)NC1=O. The molecular weight excluding hydrogens is 548 g/mol. The number of allylic oxidation sites excluding steroid dienone is 1. The molecule has 2 aromatic rings. The van der Waals surface area contributed by atoms with Crippen molar-refractivity contribution in [1.29, 1.82) is 0 Å². The van der Waals surface area contributed by atoms with Gasteiger partial charge in [-0.05, 0) is 93.0 Å². The summed E-state index contributed by atoms with van der Waals surface area (Å²) in [5.41, 5.74) is 7.85. The van der Waals surface area contributed by atoms with Crippen LogP contribution >= 0.6 is 0 Å². The summed E-state index contributed by atoms with van der Waals surface area (Å²) in [4.78, 5) is 58.8. The second-order valence-corrected chi connectivity index (χ2v) is 11.1. The van der Waals surface area contributed by atoms with Crippen molar-refractivity contribution in [3.63, 3.8) is 0 Å². The molecule has 0 fully saturated rings. The quantitative estimate of drug-likeness (QED) is 0.272. The predicted molar refractivity (Wildman–Crippen MR) is 164 cm³/mol. The summed E-state index contributed by atoms with van der Waals surface area (Å²) >= 11 is 0. The Hall–Kier alpha value is -4.73. The van der Waals surface area contributed by atoms with Crippen molar-refractivity contribution < 1.29 is 29.4 Å². The highest BCUT2D eigenvalue weighted by atomic mass is 16.4. The summed E-state index contributed by atoms with van der Waals surface area (Å²) in [5, 5.41) is 23.3. The fraction of sp³-hybridized carbons (Fsp3) is 0.364. The van der Waals surface area contributed by atoms with E-state index in [0.29, 0.717) is 34.1 Å². The summed E-state index contributed by atoms with van der Waals surface area (Å²) in [6.45, 7) is 13.2. The lowest BCUT2D eigenvalue weighted by Crippen LogP contribution is -2.30. The van der Waals surface area contributed by atoms with E-state index in [-0.39, 0.29) is 49.5 Å². The minimum Gasteiger partial charge on any atom is -0.481 e. The van der Waals surface area contributed by atoms with Gasteiger partial charge in [-0.3, -0.25) is 19.2 Å². The van der Waals surface area contributed by atoms with Crippen LogP contribution in [0.1, 0.15) is 67.3 Å². The highest BCUT2D eigenvalue weighted by Gasteiger charge is 2.29. The second kappa shape index (κ2) is 12.6. The van der Waals surface area contributed by atoms with Crippen LogP contribution in [0.4, 0.5) is 0 Å². The summed E-state index contributed by atoms with van der Waals surface area (Å²) < 4.78 is 0. The standard InChI is InChI=1S/C33H38N4O6/c1-7-20-19(6)32(42)37-27(20)14-25-18(5)23(10-12-31(40)41)29(35-25)15-28-22(9-11-30(38)39)17(4)24(34-28)13-26-16(3)21(8-2)33(43)36-26/h7-8,14-15,19,26,34-35H,2,9-13H2,1,3-6H3,(H,36,43)(H,38,39)(H,40,41). The number of hydrogen-bond donors (Lipinski definition) is 5. The van der Waals surface area contributed by atoms with E-state index < -0.39 is 11.9 Å². The van der Waals surface area contributed by atoms with Crippen LogP contribution in [0.15, 0.2) is 40.4 Å². The van der Waals surface area contributed by atoms with Gasteiger partial charge in [0.1, 0.15) is 0 Å². The monoisotopic (exact) mass is 586 g/mol. The summed E-state index contributed by atoms with van der Waals surface area (Å²) in [5.74, 6) is -2.54. The van der Waals surface area contributed by atoms with Crippen LogP contribution < -0.4 is 16.0 Å². The van der Waals surface area contributed by atoms with Crippen molar-refractivity contribution >= 4 is 41.6 Å². The molecule has 0 saturated heterocycles. The molecule has 10 nitrogen and oxygen atoms in total. The van der Waals surface area contributed by atoms with E-state index in [2.05, 4.69) is 26.9 Å². The Morgan fingerprint density at radius 1 is 0.953 bits per heavy atom. The van der Waals surface area contributed by atoms with E-state index in [1.165, 1.54) is 0 Å². The Morgan fingerprint density at radius 3 is 2.19 bits per heavy atom. The molecule has 4 heterocycles. The number of aromatic amines is 2. The van der Waals surface area contributed by atoms with Crippen molar-refractivity contribution in [3.8, 4) is 0 Å². The average molecular weight is 587 g/mol. The molecule has 2 aromatic heterocycles. The molecule has 0 aliphatic carbocycles. The average Bonchev–Trinajstić information content (AvgIpc) is 3.59. The van der Waals surface area contributed by atoms with Gasteiger partial charge in [-0.1, -0.05) is 18.7 Å². The Kier molecular flexibility index (Phi) is 9.18. The van der Waals surface area contributed by atoms with Crippen molar-refractivity contribution in [1.82, 2.24) is 15.3 Å². The second-order valence-electron chi connectivity index (χ2n) is 11.1. The zero-order valence-electron chi connectivity index (χ0n) is 25.2. The molecule has 0 radical (unpaired) electrons. The molecule has 2 atom stereocenters. The number of carboxylic acids is 2. The molecule has 0 bridgehead atoms. The predicted octanol–water partition coefficient (Wildman–Crippen LogP) is 2.71. The third kappa shape index (κ3) is 6.38. The van der Waals surface area contributed by atoms with E-state index in [0.717, 1.165) is 39.1 Å². The largest absolute Gasteiger partial charge is 0.481 e. The fourth-order valence-electron chi connectivity index (χ4n) is 5.90. The number of amides is 2. The maximum atomic E-state index is 12.4. The summed E-state index contributed by atoms with van der Waals surface area (Å²) in [7, 11) is 0. The highest BCUT2D eigenvalue weighted by Crippen LogP contribution is 2.27. The molecule has 2 amide bonds. The number of carboxylic acid groups (broad SMARTS) is 2. The Labute approximate surface area is 249 Å². The van der Waals surface area contributed by atoms with Crippen molar-refractivity contribution in [3.05, 3.63) is 79.8 Å². The fourth-order valence-corrected chi connectivity index (χ4v) is 5.90. The van der Waals surface area contributed by atoms with Crippen molar-refractivity contribution in [2.24, 2.45) is 10.9 Å². The number of nitrogens with one attached hydrogen (secondary N) is 3. The number of aliphatic carboxylic acids is 2. The number of hydrogen-bond acceptors (Lipinski definition) is 4. The Bertz CT molecular complexity index is 1750. The Balaban J connectivity index is 1.86. The normalized spacial score (nSPS) is 20.4. The van der Waals surface area contributed by atoms with Crippen LogP contribution in [0.2, 0.25) is 0 Å². The van der Waals surface area contributed by atoms with Crippen molar-refractivity contribution in [2.45, 2.75) is 72.8 Å². The first-order chi connectivity index (χ1) is 20.4. The molecular formula is C33H38N4O6. The molecule has 2 aliphatic heterocycles. The van der Waals surface area contributed by atoms with E-state index in [1.54, 1.807) is 6.08 Å². The number of carbonyl (C=O) groups excluding carboxylic acids is 2. The lowest BCUT2D eigenvalue weighted by atomic mass is 9.98. The van der Waals surface area contributed by atoms with E-state index in [1.807, 2.05) is 52.8 Å². The number of aliphatic imine (C=N–C) groups is 1.